The first kappa shape index (κ1) is 19.7. The van der Waals surface area contributed by atoms with Crippen LogP contribution in [0, 0.1) is 5.82 Å². The quantitative estimate of drug-likeness (QED) is 0.449. The number of rotatable bonds is 4. The van der Waals surface area contributed by atoms with Gasteiger partial charge in [0.2, 0.25) is 0 Å². The number of carbonyl (C=O) groups is 2. The van der Waals surface area contributed by atoms with E-state index in [0.717, 1.165) is 27.6 Å². The summed E-state index contributed by atoms with van der Waals surface area (Å²) in [6, 6.07) is 19.0. The van der Waals surface area contributed by atoms with E-state index in [1.165, 1.54) is 18.2 Å². The third-order valence-corrected chi connectivity index (χ3v) is 5.87. The van der Waals surface area contributed by atoms with Gasteiger partial charge in [0.15, 0.2) is 0 Å². The second-order valence-electron chi connectivity index (χ2n) is 6.19. The van der Waals surface area contributed by atoms with Crippen LogP contribution in [-0.4, -0.2) is 11.8 Å². The average Bonchev–Trinajstić information content (AvgIpc) is 2.94. The lowest BCUT2D eigenvalue weighted by molar-refractivity contribution is -0.119. The molecule has 144 valence electrons. The molecule has 4 rings (SSSR count). The lowest BCUT2D eigenvalue weighted by atomic mass is 10.1. The van der Waals surface area contributed by atoms with Crippen molar-refractivity contribution in [1.29, 1.82) is 0 Å². The first-order chi connectivity index (χ1) is 13.9. The third-order valence-electron chi connectivity index (χ3n) is 4.27. The number of halogens is 3. The Morgan fingerprint density at radius 3 is 2.03 bits per heavy atom. The number of imide groups is 1. The summed E-state index contributed by atoms with van der Waals surface area (Å²) in [5.74, 6) is -1.56. The van der Waals surface area contributed by atoms with E-state index in [1.54, 1.807) is 48.5 Å². The van der Waals surface area contributed by atoms with Crippen LogP contribution in [0.5, 0.6) is 0 Å². The number of benzene rings is 3. The van der Waals surface area contributed by atoms with E-state index in [-0.39, 0.29) is 16.2 Å². The van der Waals surface area contributed by atoms with Crippen LogP contribution >= 0.6 is 35.0 Å². The van der Waals surface area contributed by atoms with Gasteiger partial charge in [-0.2, -0.15) is 0 Å². The minimum absolute atomic E-state index is 0.179. The van der Waals surface area contributed by atoms with Gasteiger partial charge >= 0.3 is 0 Å². The molecule has 0 bridgehead atoms. The van der Waals surface area contributed by atoms with Crippen LogP contribution < -0.4 is 4.90 Å². The highest BCUT2D eigenvalue weighted by molar-refractivity contribution is 8.04. The molecule has 1 aliphatic heterocycles. The first-order valence-electron chi connectivity index (χ1n) is 8.52. The highest BCUT2D eigenvalue weighted by Crippen LogP contribution is 2.41. The summed E-state index contributed by atoms with van der Waals surface area (Å²) >= 11 is 13.1. The molecule has 0 saturated heterocycles. The Balaban J connectivity index is 1.82. The zero-order valence-corrected chi connectivity index (χ0v) is 17.1. The monoisotopic (exact) mass is 443 g/mol. The van der Waals surface area contributed by atoms with Gasteiger partial charge in [0.25, 0.3) is 11.8 Å². The predicted molar refractivity (Wildman–Crippen MR) is 115 cm³/mol. The molecule has 29 heavy (non-hydrogen) atoms. The Morgan fingerprint density at radius 1 is 0.793 bits per heavy atom. The van der Waals surface area contributed by atoms with Crippen molar-refractivity contribution in [3.05, 3.63) is 99.1 Å². The molecule has 7 heteroatoms. The van der Waals surface area contributed by atoms with Crippen molar-refractivity contribution in [1.82, 2.24) is 0 Å². The maximum absolute atomic E-state index is 13.7. The summed E-state index contributed by atoms with van der Waals surface area (Å²) in [6.07, 6.45) is 0. The topological polar surface area (TPSA) is 37.4 Å². The van der Waals surface area contributed by atoms with Crippen LogP contribution in [0.3, 0.4) is 0 Å². The smallest absolute Gasteiger partial charge is 0.268 e. The normalized spacial score (nSPS) is 14.1. The Kier molecular flexibility index (Phi) is 5.46. The molecule has 3 nitrogen and oxygen atoms in total. The minimum Gasteiger partial charge on any atom is -0.268 e. The van der Waals surface area contributed by atoms with E-state index in [1.807, 2.05) is 0 Å². The first-order valence-corrected chi connectivity index (χ1v) is 10.1. The number of hydrogen-bond donors (Lipinski definition) is 0. The number of anilines is 1. The molecular weight excluding hydrogens is 432 g/mol. The fraction of sp³-hybridized carbons (Fsp3) is 0. The van der Waals surface area contributed by atoms with E-state index in [4.69, 9.17) is 23.2 Å². The Labute approximate surface area is 180 Å². The molecule has 3 aromatic rings. The molecule has 0 unspecified atom stereocenters. The van der Waals surface area contributed by atoms with E-state index < -0.39 is 17.6 Å². The number of thioether (sulfide) groups is 1. The van der Waals surface area contributed by atoms with Crippen molar-refractivity contribution in [2.75, 3.05) is 4.90 Å². The van der Waals surface area contributed by atoms with Crippen LogP contribution in [0.25, 0.3) is 5.57 Å². The number of nitrogens with zero attached hydrogens (tertiary/aromatic N) is 1. The summed E-state index contributed by atoms with van der Waals surface area (Å²) in [4.78, 5) is 28.4. The summed E-state index contributed by atoms with van der Waals surface area (Å²) in [5, 5.41) is 1.08. The van der Waals surface area contributed by atoms with Gasteiger partial charge in [-0.3, -0.25) is 9.59 Å². The van der Waals surface area contributed by atoms with Crippen molar-refractivity contribution in [3.63, 3.8) is 0 Å². The Bertz CT molecular complexity index is 1140. The molecule has 0 N–H and O–H groups in total. The molecular formula is C22H12Cl2FNO2S. The minimum atomic E-state index is -0.532. The predicted octanol–water partition coefficient (Wildman–Crippen LogP) is 6.21. The van der Waals surface area contributed by atoms with Crippen molar-refractivity contribution in [3.8, 4) is 0 Å². The molecule has 0 aliphatic carbocycles. The second kappa shape index (κ2) is 8.03. The Morgan fingerprint density at radius 2 is 1.41 bits per heavy atom. The molecule has 0 atom stereocenters. The van der Waals surface area contributed by atoms with Crippen LogP contribution in [-0.2, 0) is 9.59 Å². The summed E-state index contributed by atoms with van der Waals surface area (Å²) in [6.45, 7) is 0. The largest absolute Gasteiger partial charge is 0.272 e. The molecule has 0 spiro atoms. The molecule has 3 aromatic carbocycles. The second-order valence-corrected chi connectivity index (χ2v) is 8.15. The zero-order valence-electron chi connectivity index (χ0n) is 14.7. The summed E-state index contributed by atoms with van der Waals surface area (Å²) in [7, 11) is 0. The number of amides is 2. The van der Waals surface area contributed by atoms with Gasteiger partial charge in [-0.1, -0.05) is 53.2 Å². The van der Waals surface area contributed by atoms with Crippen molar-refractivity contribution in [2.45, 2.75) is 4.90 Å². The van der Waals surface area contributed by atoms with Gasteiger partial charge in [-0.05, 0) is 60.2 Å². The summed E-state index contributed by atoms with van der Waals surface area (Å²) in [5.41, 5.74) is 0.983. The number of hydrogen-bond acceptors (Lipinski definition) is 3. The van der Waals surface area contributed by atoms with E-state index in [9.17, 15) is 14.0 Å². The maximum atomic E-state index is 13.7. The standard InChI is InChI=1S/C22H12Cl2FNO2S/c23-14-6-4-13(5-7-14)19-20(29-18-10-8-15(24)9-11-18)22(28)26(21(19)27)17-3-1-2-16(25)12-17/h1-12H. The van der Waals surface area contributed by atoms with Crippen LogP contribution in [0.1, 0.15) is 5.56 Å². The lowest BCUT2D eigenvalue weighted by Gasteiger charge is -2.15. The van der Waals surface area contributed by atoms with E-state index in [2.05, 4.69) is 0 Å². The van der Waals surface area contributed by atoms with Crippen LogP contribution in [0.2, 0.25) is 10.0 Å². The van der Waals surface area contributed by atoms with Crippen molar-refractivity contribution in [2.24, 2.45) is 0 Å². The van der Waals surface area contributed by atoms with E-state index >= 15 is 0 Å². The molecule has 0 saturated carbocycles. The number of carbonyl (C=O) groups excluding carboxylic acids is 2. The maximum Gasteiger partial charge on any atom is 0.272 e. The highest BCUT2D eigenvalue weighted by Gasteiger charge is 2.40. The van der Waals surface area contributed by atoms with Gasteiger partial charge in [0.05, 0.1) is 16.2 Å². The lowest BCUT2D eigenvalue weighted by Crippen LogP contribution is -2.31. The van der Waals surface area contributed by atoms with Gasteiger partial charge in [-0.15, -0.1) is 0 Å². The molecule has 1 aliphatic rings. The SMILES string of the molecule is O=C1C(Sc2ccc(Cl)cc2)=C(c2ccc(Cl)cc2)C(=O)N1c1cccc(F)c1. The highest BCUT2D eigenvalue weighted by atomic mass is 35.5. The third kappa shape index (κ3) is 3.94. The fourth-order valence-corrected chi connectivity index (χ4v) is 4.19. The van der Waals surface area contributed by atoms with Crippen molar-refractivity contribution < 1.29 is 14.0 Å². The van der Waals surface area contributed by atoms with E-state index in [0.29, 0.717) is 15.6 Å². The van der Waals surface area contributed by atoms with Gasteiger partial charge < -0.3 is 0 Å². The van der Waals surface area contributed by atoms with Crippen molar-refractivity contribution >= 4 is 58.0 Å². The van der Waals surface area contributed by atoms with Crippen LogP contribution in [0.15, 0.2) is 82.6 Å². The molecule has 0 aromatic heterocycles. The average molecular weight is 444 g/mol. The summed E-state index contributed by atoms with van der Waals surface area (Å²) < 4.78 is 13.7. The molecule has 1 heterocycles. The molecule has 2 amide bonds. The van der Waals surface area contributed by atoms with Crippen LogP contribution in [0.4, 0.5) is 10.1 Å². The molecule has 0 radical (unpaired) electrons. The zero-order chi connectivity index (χ0) is 20.5. The van der Waals surface area contributed by atoms with Gasteiger partial charge in [0, 0.05) is 14.9 Å². The Hall–Kier alpha value is -2.60. The van der Waals surface area contributed by atoms with Gasteiger partial charge in [0.1, 0.15) is 5.82 Å². The fourth-order valence-electron chi connectivity index (χ4n) is 2.95. The molecule has 0 fully saturated rings. The van der Waals surface area contributed by atoms with Gasteiger partial charge in [-0.25, -0.2) is 9.29 Å².